The van der Waals surface area contributed by atoms with Crippen LogP contribution in [0.25, 0.3) is 0 Å². The maximum atomic E-state index is 10.5. The van der Waals surface area contributed by atoms with E-state index in [1.165, 1.54) is 12.1 Å². The van der Waals surface area contributed by atoms with Gasteiger partial charge in [0.05, 0.1) is 16.9 Å². The Morgan fingerprint density at radius 3 is 2.29 bits per heavy atom. The first-order valence-corrected chi connectivity index (χ1v) is 5.04. The van der Waals surface area contributed by atoms with E-state index >= 15 is 0 Å². The summed E-state index contributed by atoms with van der Waals surface area (Å²) in [6, 6.07) is 13.8. The van der Waals surface area contributed by atoms with E-state index in [1.54, 1.807) is 6.07 Å². The van der Waals surface area contributed by atoms with Crippen LogP contribution in [0.5, 0.6) is 5.75 Å². The molecule has 4 nitrogen and oxygen atoms in total. The van der Waals surface area contributed by atoms with E-state index < -0.39 is 0 Å². The van der Waals surface area contributed by atoms with Gasteiger partial charge < -0.3 is 5.11 Å². The first kappa shape index (κ1) is 11.0. The predicted molar refractivity (Wildman–Crippen MR) is 64.1 cm³/mol. The molecule has 0 spiro atoms. The number of aldehydes is 1. The first-order chi connectivity index (χ1) is 8.29. The number of benzene rings is 2. The summed E-state index contributed by atoms with van der Waals surface area (Å²) >= 11 is 0. The van der Waals surface area contributed by atoms with Crippen LogP contribution >= 0.6 is 0 Å². The lowest BCUT2D eigenvalue weighted by atomic mass is 10.2. The number of phenolic OH excluding ortho intramolecular Hbond substituents is 1. The number of phenols is 1. The van der Waals surface area contributed by atoms with Crippen molar-refractivity contribution in [3.8, 4) is 5.75 Å². The second-order valence-corrected chi connectivity index (χ2v) is 3.40. The van der Waals surface area contributed by atoms with Crippen molar-refractivity contribution in [2.45, 2.75) is 0 Å². The van der Waals surface area contributed by atoms with Crippen LogP contribution in [0.4, 0.5) is 11.4 Å². The Hall–Kier alpha value is -2.49. The second kappa shape index (κ2) is 5.03. The number of carbonyl (C=O) groups is 1. The third kappa shape index (κ3) is 2.75. The summed E-state index contributed by atoms with van der Waals surface area (Å²) in [6.45, 7) is 0. The van der Waals surface area contributed by atoms with Crippen LogP contribution in [0.2, 0.25) is 0 Å². The molecule has 1 N–H and O–H groups in total. The molecule has 84 valence electrons. The van der Waals surface area contributed by atoms with Crippen molar-refractivity contribution in [2.24, 2.45) is 10.2 Å². The van der Waals surface area contributed by atoms with Crippen LogP contribution in [-0.4, -0.2) is 11.4 Å². The molecule has 4 heteroatoms. The van der Waals surface area contributed by atoms with Crippen molar-refractivity contribution in [1.29, 1.82) is 0 Å². The Labute approximate surface area is 98.3 Å². The van der Waals surface area contributed by atoms with Crippen LogP contribution in [0.1, 0.15) is 10.4 Å². The smallest absolute Gasteiger partial charge is 0.153 e. The monoisotopic (exact) mass is 226 g/mol. The second-order valence-electron chi connectivity index (χ2n) is 3.40. The van der Waals surface area contributed by atoms with E-state index in [2.05, 4.69) is 10.2 Å². The van der Waals surface area contributed by atoms with Gasteiger partial charge in [-0.15, -0.1) is 0 Å². The molecular formula is C13H10N2O2. The molecule has 0 unspecified atom stereocenters. The van der Waals surface area contributed by atoms with Crippen molar-refractivity contribution >= 4 is 17.7 Å². The van der Waals surface area contributed by atoms with Crippen LogP contribution in [0, 0.1) is 0 Å². The van der Waals surface area contributed by atoms with Crippen molar-refractivity contribution < 1.29 is 9.90 Å². The van der Waals surface area contributed by atoms with Gasteiger partial charge in [-0.25, -0.2) is 0 Å². The molecule has 0 amide bonds. The largest absolute Gasteiger partial charge is 0.507 e. The van der Waals surface area contributed by atoms with Crippen LogP contribution < -0.4 is 0 Å². The standard InChI is InChI=1S/C13H10N2O2/c16-9-10-6-7-12(8-13(10)17)15-14-11-4-2-1-3-5-11/h1-9,17H/b15-14+. The molecule has 0 aromatic heterocycles. The molecule has 0 aliphatic heterocycles. The molecule has 0 aliphatic rings. The molecule has 0 aliphatic carbocycles. The van der Waals surface area contributed by atoms with Gasteiger partial charge in [0.2, 0.25) is 0 Å². The van der Waals surface area contributed by atoms with Gasteiger partial charge in [-0.2, -0.15) is 10.2 Å². The fourth-order valence-corrected chi connectivity index (χ4v) is 1.30. The Morgan fingerprint density at radius 2 is 1.65 bits per heavy atom. The van der Waals surface area contributed by atoms with Gasteiger partial charge in [-0.3, -0.25) is 4.79 Å². The lowest BCUT2D eigenvalue weighted by molar-refractivity contribution is 0.112. The minimum atomic E-state index is -0.0930. The zero-order valence-electron chi connectivity index (χ0n) is 8.95. The van der Waals surface area contributed by atoms with Crippen LogP contribution in [0.15, 0.2) is 58.8 Å². The van der Waals surface area contributed by atoms with Crippen LogP contribution in [-0.2, 0) is 0 Å². The molecule has 2 rings (SSSR count). The van der Waals surface area contributed by atoms with E-state index in [4.69, 9.17) is 0 Å². The van der Waals surface area contributed by atoms with Gasteiger partial charge in [0.1, 0.15) is 5.75 Å². The predicted octanol–water partition coefficient (Wildman–Crippen LogP) is 3.62. The summed E-state index contributed by atoms with van der Waals surface area (Å²) in [6.07, 6.45) is 0.591. The van der Waals surface area contributed by atoms with Crippen molar-refractivity contribution in [3.63, 3.8) is 0 Å². The average Bonchev–Trinajstić information content (AvgIpc) is 2.38. The number of hydrogen-bond acceptors (Lipinski definition) is 4. The quantitative estimate of drug-likeness (QED) is 0.641. The molecule has 0 saturated heterocycles. The van der Waals surface area contributed by atoms with E-state index in [0.29, 0.717) is 12.0 Å². The maximum Gasteiger partial charge on any atom is 0.153 e. The number of azo groups is 1. The molecule has 0 bridgehead atoms. The fourth-order valence-electron chi connectivity index (χ4n) is 1.30. The average molecular weight is 226 g/mol. The topological polar surface area (TPSA) is 62.0 Å². The molecule has 0 fully saturated rings. The number of hydrogen-bond donors (Lipinski definition) is 1. The fraction of sp³-hybridized carbons (Fsp3) is 0. The summed E-state index contributed by atoms with van der Waals surface area (Å²) in [7, 11) is 0. The summed E-state index contributed by atoms with van der Waals surface area (Å²) in [5, 5.41) is 17.4. The summed E-state index contributed by atoms with van der Waals surface area (Å²) in [5.41, 5.74) is 1.46. The lowest BCUT2D eigenvalue weighted by Gasteiger charge is -1.97. The Morgan fingerprint density at radius 1 is 0.941 bits per heavy atom. The summed E-state index contributed by atoms with van der Waals surface area (Å²) in [5.74, 6) is -0.0930. The third-order valence-corrected chi connectivity index (χ3v) is 2.18. The minimum absolute atomic E-state index is 0.0930. The zero-order chi connectivity index (χ0) is 12.1. The number of aromatic hydroxyl groups is 1. The summed E-state index contributed by atoms with van der Waals surface area (Å²) < 4.78 is 0. The third-order valence-electron chi connectivity index (χ3n) is 2.18. The molecule has 2 aromatic rings. The van der Waals surface area contributed by atoms with Crippen molar-refractivity contribution in [3.05, 3.63) is 54.1 Å². The molecular weight excluding hydrogens is 216 g/mol. The normalized spacial score (nSPS) is 10.6. The van der Waals surface area contributed by atoms with Crippen molar-refractivity contribution in [2.75, 3.05) is 0 Å². The lowest BCUT2D eigenvalue weighted by Crippen LogP contribution is -1.79. The number of rotatable bonds is 3. The zero-order valence-corrected chi connectivity index (χ0v) is 8.95. The molecule has 0 saturated carbocycles. The van der Waals surface area contributed by atoms with Crippen LogP contribution in [0.3, 0.4) is 0 Å². The van der Waals surface area contributed by atoms with E-state index in [1.807, 2.05) is 30.3 Å². The Bertz CT molecular complexity index is 551. The van der Waals surface area contributed by atoms with Gasteiger partial charge in [0.15, 0.2) is 6.29 Å². The minimum Gasteiger partial charge on any atom is -0.507 e. The highest BCUT2D eigenvalue weighted by molar-refractivity contribution is 5.80. The highest BCUT2D eigenvalue weighted by Crippen LogP contribution is 2.24. The molecule has 0 heterocycles. The Balaban J connectivity index is 2.22. The summed E-state index contributed by atoms with van der Waals surface area (Å²) in [4.78, 5) is 10.5. The van der Waals surface area contributed by atoms with Gasteiger partial charge in [-0.05, 0) is 24.3 Å². The molecule has 2 aromatic carbocycles. The molecule has 0 atom stereocenters. The van der Waals surface area contributed by atoms with Gasteiger partial charge in [0, 0.05) is 6.07 Å². The SMILES string of the molecule is O=Cc1ccc(/N=N/c2ccccc2)cc1O. The van der Waals surface area contributed by atoms with E-state index in [-0.39, 0.29) is 11.3 Å². The highest BCUT2D eigenvalue weighted by Gasteiger charge is 2.00. The van der Waals surface area contributed by atoms with Gasteiger partial charge >= 0.3 is 0 Å². The molecule has 17 heavy (non-hydrogen) atoms. The number of carbonyl (C=O) groups excluding carboxylic acids is 1. The van der Waals surface area contributed by atoms with Gasteiger partial charge in [-0.1, -0.05) is 18.2 Å². The van der Waals surface area contributed by atoms with E-state index in [9.17, 15) is 9.90 Å². The number of nitrogens with zero attached hydrogens (tertiary/aromatic N) is 2. The highest BCUT2D eigenvalue weighted by atomic mass is 16.3. The van der Waals surface area contributed by atoms with Crippen molar-refractivity contribution in [1.82, 2.24) is 0 Å². The molecule has 0 radical (unpaired) electrons. The Kier molecular flexibility index (Phi) is 3.25. The van der Waals surface area contributed by atoms with Gasteiger partial charge in [0.25, 0.3) is 0 Å². The maximum absolute atomic E-state index is 10.5. The van der Waals surface area contributed by atoms with E-state index in [0.717, 1.165) is 5.69 Å². The first-order valence-electron chi connectivity index (χ1n) is 5.04.